The number of methoxy groups -OCH3 is 1. The number of ether oxygens (including phenoxy) is 1. The molecular weight excluding hydrogens is 673 g/mol. The number of hydrogen-bond donors (Lipinski definition) is 4. The van der Waals surface area contributed by atoms with Crippen molar-refractivity contribution >= 4 is 47.2 Å². The number of nitrogens with zero attached hydrogens (tertiary/aromatic N) is 7. The highest BCUT2D eigenvalue weighted by molar-refractivity contribution is 6.34. The van der Waals surface area contributed by atoms with Gasteiger partial charge in [-0.15, -0.1) is 0 Å². The summed E-state index contributed by atoms with van der Waals surface area (Å²) < 4.78 is 49.3. The number of piperazine rings is 1. The third-order valence-electron chi connectivity index (χ3n) is 7.96. The van der Waals surface area contributed by atoms with Crippen molar-refractivity contribution in [2.75, 3.05) is 58.3 Å². The molecule has 3 amide bonds. The van der Waals surface area contributed by atoms with Crippen molar-refractivity contribution in [3.63, 3.8) is 0 Å². The molecule has 6 rings (SSSR count). The lowest BCUT2D eigenvalue weighted by Gasteiger charge is -2.35. The molecule has 4 aromatic rings. The van der Waals surface area contributed by atoms with Gasteiger partial charge < -0.3 is 35.6 Å². The Hall–Kier alpha value is -4.94. The van der Waals surface area contributed by atoms with Crippen LogP contribution in [-0.2, 0) is 22.3 Å². The lowest BCUT2D eigenvalue weighted by Crippen LogP contribution is -2.54. The van der Waals surface area contributed by atoms with Crippen molar-refractivity contribution in [3.8, 4) is 11.3 Å². The molecule has 0 bridgehead atoms. The minimum atomic E-state index is -4.68. The van der Waals surface area contributed by atoms with E-state index in [2.05, 4.69) is 31.0 Å². The largest absolute Gasteiger partial charge is 0.483 e. The minimum Gasteiger partial charge on any atom is -0.483 e. The number of anilines is 2. The molecule has 5 heterocycles. The fourth-order valence-corrected chi connectivity index (χ4v) is 5.82. The summed E-state index contributed by atoms with van der Waals surface area (Å²) in [6.45, 7) is 3.31. The Kier molecular flexibility index (Phi) is 11.2. The third-order valence-corrected chi connectivity index (χ3v) is 8.28. The van der Waals surface area contributed by atoms with Crippen LogP contribution in [0.2, 0.25) is 5.02 Å². The van der Waals surface area contributed by atoms with Gasteiger partial charge in [-0.05, 0) is 31.2 Å². The highest BCUT2D eigenvalue weighted by Crippen LogP contribution is 2.37. The van der Waals surface area contributed by atoms with Crippen LogP contribution in [0.3, 0.4) is 0 Å². The predicted octanol–water partition coefficient (Wildman–Crippen LogP) is 3.19. The zero-order chi connectivity index (χ0) is 35.1. The van der Waals surface area contributed by atoms with Crippen LogP contribution in [0.25, 0.3) is 16.9 Å². The van der Waals surface area contributed by atoms with Gasteiger partial charge in [-0.1, -0.05) is 11.6 Å². The van der Waals surface area contributed by atoms with Gasteiger partial charge in [0, 0.05) is 70.2 Å². The Labute approximate surface area is 283 Å². The van der Waals surface area contributed by atoms with E-state index in [0.717, 1.165) is 19.5 Å². The zero-order valence-corrected chi connectivity index (χ0v) is 27.0. The van der Waals surface area contributed by atoms with E-state index in [0.29, 0.717) is 37.4 Å². The molecule has 3 aromatic heterocycles. The van der Waals surface area contributed by atoms with Gasteiger partial charge in [0.15, 0.2) is 17.2 Å². The Morgan fingerprint density at radius 1 is 1.18 bits per heavy atom. The number of halogens is 4. The molecule has 2 saturated heterocycles. The number of benzene rings is 1. The maximum absolute atomic E-state index is 13.9. The number of carboxylic acid groups (broad SMARTS) is 1. The van der Waals surface area contributed by atoms with Gasteiger partial charge in [0.1, 0.15) is 0 Å². The van der Waals surface area contributed by atoms with E-state index in [-0.39, 0.29) is 65.3 Å². The summed E-state index contributed by atoms with van der Waals surface area (Å²) in [5.74, 6) is 0.0215. The fraction of sp³-hybridized carbons (Fsp3) is 0.400. The second-order valence-corrected chi connectivity index (χ2v) is 11.5. The molecule has 0 aliphatic carbocycles. The van der Waals surface area contributed by atoms with Crippen molar-refractivity contribution in [1.29, 1.82) is 0 Å². The van der Waals surface area contributed by atoms with Gasteiger partial charge in [0.2, 0.25) is 0 Å². The number of urea groups is 1. The average molecular weight is 707 g/mol. The van der Waals surface area contributed by atoms with Crippen molar-refractivity contribution in [1.82, 2.24) is 44.6 Å². The van der Waals surface area contributed by atoms with Crippen LogP contribution in [0.4, 0.5) is 29.5 Å². The maximum atomic E-state index is 13.9. The topological polar surface area (TPSA) is 171 Å². The van der Waals surface area contributed by atoms with Crippen molar-refractivity contribution in [2.45, 2.75) is 25.2 Å². The van der Waals surface area contributed by atoms with E-state index >= 15 is 0 Å². The van der Waals surface area contributed by atoms with Gasteiger partial charge in [0.25, 0.3) is 12.4 Å². The van der Waals surface area contributed by atoms with Gasteiger partial charge in [-0.3, -0.25) is 18.7 Å². The molecule has 0 unspecified atom stereocenters. The van der Waals surface area contributed by atoms with E-state index < -0.39 is 11.9 Å². The first-order chi connectivity index (χ1) is 23.5. The molecule has 262 valence electrons. The number of fused-ring (bicyclic) bond motifs is 1. The summed E-state index contributed by atoms with van der Waals surface area (Å²) in [5.41, 5.74) is 0.0996. The molecule has 0 saturated carbocycles. The number of hydrogen-bond acceptors (Lipinski definition) is 9. The molecule has 1 atom stereocenters. The summed E-state index contributed by atoms with van der Waals surface area (Å²) >= 11 is 6.55. The van der Waals surface area contributed by atoms with Crippen LogP contribution in [0.5, 0.6) is 0 Å². The second kappa shape index (κ2) is 15.5. The molecule has 0 radical (unpaired) electrons. The quantitative estimate of drug-likeness (QED) is 0.200. The summed E-state index contributed by atoms with van der Waals surface area (Å²) in [4.78, 5) is 46.3. The summed E-state index contributed by atoms with van der Waals surface area (Å²) in [5, 5.41) is 20.2. The standard InChI is InChI=1S/C29H32ClF3N10O3.CH2O2/c1-46-13-12-42-17-21(24(39-42)29(31,32)33)23-16-36-26-25(35-6-7-43(23)26)37-18-2-3-20(22(30)14-18)27(44)40-8-10-41(11-9-40)28(45)38-19-4-5-34-15-19;2-1-3/h2-3,6-7,14,16-17,19,34H,4-5,8-13,15H2,1H3,(H,35,37)(H,38,45);1H,(H,2,3)/t19-;/m1./s1. The molecule has 2 aliphatic rings. The van der Waals surface area contributed by atoms with E-state index in [4.69, 9.17) is 26.2 Å². The van der Waals surface area contributed by atoms with Crippen LogP contribution < -0.4 is 16.0 Å². The molecule has 0 spiro atoms. The normalized spacial score (nSPS) is 16.3. The predicted molar refractivity (Wildman–Crippen MR) is 172 cm³/mol. The number of carbonyl (C=O) groups is 3. The maximum Gasteiger partial charge on any atom is 0.435 e. The molecule has 2 aliphatic heterocycles. The SMILES string of the molecule is COCCn1cc(-c2cnc3c(Nc4ccc(C(=O)N5CCN(C(=O)N[C@@H]6CCNC6)CC5)c(Cl)c4)nccn23)c(C(F)(F)F)n1.O=CO. The number of rotatable bonds is 8. The lowest BCUT2D eigenvalue weighted by molar-refractivity contribution is -0.141. The van der Waals surface area contributed by atoms with Crippen molar-refractivity contribution in [2.24, 2.45) is 0 Å². The molecule has 15 nitrogen and oxygen atoms in total. The number of aromatic nitrogens is 5. The Balaban J connectivity index is 0.00000151. The van der Waals surface area contributed by atoms with Gasteiger partial charge in [0.05, 0.1) is 41.2 Å². The number of carbonyl (C=O) groups excluding carboxylic acids is 2. The van der Waals surface area contributed by atoms with Crippen molar-refractivity contribution in [3.05, 3.63) is 59.3 Å². The van der Waals surface area contributed by atoms with E-state index in [1.165, 1.54) is 41.0 Å². The second-order valence-electron chi connectivity index (χ2n) is 11.1. The molecule has 4 N–H and O–H groups in total. The van der Waals surface area contributed by atoms with Crippen molar-refractivity contribution < 1.29 is 37.4 Å². The first-order valence-electron chi connectivity index (χ1n) is 15.2. The Morgan fingerprint density at radius 2 is 1.92 bits per heavy atom. The van der Waals surface area contributed by atoms with E-state index in [9.17, 15) is 22.8 Å². The summed E-state index contributed by atoms with van der Waals surface area (Å²) in [6.07, 6.45) is 1.81. The molecule has 19 heteroatoms. The smallest absolute Gasteiger partial charge is 0.435 e. The lowest BCUT2D eigenvalue weighted by atomic mass is 10.1. The van der Waals surface area contributed by atoms with Crippen LogP contribution in [0.15, 0.2) is 43.0 Å². The highest BCUT2D eigenvalue weighted by atomic mass is 35.5. The average Bonchev–Trinajstić information content (AvgIpc) is 3.84. The van der Waals surface area contributed by atoms with Crippen LogP contribution >= 0.6 is 11.6 Å². The van der Waals surface area contributed by atoms with Gasteiger partial charge in [-0.2, -0.15) is 18.3 Å². The first kappa shape index (κ1) is 35.4. The first-order valence-corrected chi connectivity index (χ1v) is 15.6. The zero-order valence-electron chi connectivity index (χ0n) is 26.3. The van der Waals surface area contributed by atoms with Crippen LogP contribution in [-0.4, -0.2) is 116 Å². The molecule has 49 heavy (non-hydrogen) atoms. The summed E-state index contributed by atoms with van der Waals surface area (Å²) in [6, 6.07) is 4.83. The number of alkyl halides is 3. The van der Waals surface area contributed by atoms with E-state index in [1.54, 1.807) is 28.0 Å². The molecule has 1 aromatic carbocycles. The van der Waals surface area contributed by atoms with Gasteiger partial charge >= 0.3 is 12.2 Å². The minimum absolute atomic E-state index is 0.120. The number of amides is 3. The highest BCUT2D eigenvalue weighted by Gasteiger charge is 2.38. The molecule has 2 fully saturated rings. The summed E-state index contributed by atoms with van der Waals surface area (Å²) in [7, 11) is 1.46. The third kappa shape index (κ3) is 8.21. The van der Waals surface area contributed by atoms with Gasteiger partial charge in [-0.25, -0.2) is 14.8 Å². The Bertz CT molecular complexity index is 1790. The number of nitrogens with one attached hydrogen (secondary N) is 3. The number of imidazole rings is 1. The van der Waals surface area contributed by atoms with Crippen LogP contribution in [0.1, 0.15) is 22.5 Å². The van der Waals surface area contributed by atoms with Crippen LogP contribution in [0, 0.1) is 0 Å². The Morgan fingerprint density at radius 3 is 2.57 bits per heavy atom. The van der Waals surface area contributed by atoms with E-state index in [1.807, 2.05) is 0 Å². The molecular formula is C30H34ClF3N10O5. The fourth-order valence-electron chi connectivity index (χ4n) is 5.55. The monoisotopic (exact) mass is 706 g/mol.